The van der Waals surface area contributed by atoms with E-state index in [2.05, 4.69) is 31.1 Å². The molecule has 1 fully saturated rings. The number of piperidine rings is 1. The number of nitrogens with zero attached hydrogens (tertiary/aromatic N) is 2. The molecule has 1 aromatic rings. The lowest BCUT2D eigenvalue weighted by Crippen LogP contribution is -2.46. The number of aromatic nitrogens is 1. The van der Waals surface area contributed by atoms with E-state index >= 15 is 0 Å². The van der Waals surface area contributed by atoms with Gasteiger partial charge < -0.3 is 10.2 Å². The largest absolute Gasteiger partial charge is 0.373 e. The number of rotatable bonds is 3. The van der Waals surface area contributed by atoms with Crippen molar-refractivity contribution < 1.29 is 4.79 Å². The maximum Gasteiger partial charge on any atom is 0.254 e. The first-order valence-electron chi connectivity index (χ1n) is 7.56. The van der Waals surface area contributed by atoms with E-state index in [9.17, 15) is 4.79 Å². The fourth-order valence-electron chi connectivity index (χ4n) is 2.81. The minimum atomic E-state index is 0.137. The highest BCUT2D eigenvalue weighted by Crippen LogP contribution is 2.25. The van der Waals surface area contributed by atoms with E-state index in [4.69, 9.17) is 0 Å². The Hall–Kier alpha value is -1.58. The number of aryl methyl sites for hydroxylation is 1. The van der Waals surface area contributed by atoms with Crippen LogP contribution in [0.2, 0.25) is 0 Å². The fourth-order valence-corrected chi connectivity index (χ4v) is 2.81. The molecule has 0 saturated carbocycles. The molecule has 2 rings (SSSR count). The summed E-state index contributed by atoms with van der Waals surface area (Å²) in [5.74, 6) is 1.48. The van der Waals surface area contributed by atoms with Crippen LogP contribution in [0.4, 0.5) is 5.82 Å². The summed E-state index contributed by atoms with van der Waals surface area (Å²) in [5, 5.41) is 3.04. The zero-order valence-corrected chi connectivity index (χ0v) is 12.9. The van der Waals surface area contributed by atoms with Crippen LogP contribution in [0, 0.1) is 5.92 Å². The molecule has 2 atom stereocenters. The minimum Gasteiger partial charge on any atom is -0.373 e. The first-order chi connectivity index (χ1) is 9.56. The molecule has 2 unspecified atom stereocenters. The van der Waals surface area contributed by atoms with Crippen molar-refractivity contribution in [3.8, 4) is 0 Å². The molecule has 1 N–H and O–H groups in total. The Balaban J connectivity index is 2.28. The van der Waals surface area contributed by atoms with Crippen LogP contribution in [0.15, 0.2) is 12.1 Å². The number of anilines is 1. The van der Waals surface area contributed by atoms with Gasteiger partial charge in [0.2, 0.25) is 0 Å². The summed E-state index contributed by atoms with van der Waals surface area (Å²) in [6.07, 6.45) is 3.15. The average Bonchev–Trinajstić information content (AvgIpc) is 2.48. The summed E-state index contributed by atoms with van der Waals surface area (Å²) in [4.78, 5) is 19.2. The van der Waals surface area contributed by atoms with Crippen molar-refractivity contribution >= 4 is 11.7 Å². The molecule has 20 heavy (non-hydrogen) atoms. The van der Waals surface area contributed by atoms with Crippen LogP contribution in [-0.4, -0.2) is 35.4 Å². The first kappa shape index (κ1) is 14.8. The molecule has 0 aromatic carbocycles. The molecule has 1 aromatic heterocycles. The molecular weight excluding hydrogens is 250 g/mol. The molecule has 1 aliphatic heterocycles. The van der Waals surface area contributed by atoms with E-state index in [0.717, 1.165) is 36.5 Å². The standard InChI is InChI=1S/C16H25N3O/c1-5-14-9-13(10-15(17-4)18-14)16(20)19-8-6-7-11(2)12(19)3/h9-12H,5-8H2,1-4H3,(H,17,18). The van der Waals surface area contributed by atoms with Gasteiger partial charge in [-0.15, -0.1) is 0 Å². The summed E-state index contributed by atoms with van der Waals surface area (Å²) in [5.41, 5.74) is 1.71. The maximum absolute atomic E-state index is 12.8. The molecule has 4 nitrogen and oxygen atoms in total. The quantitative estimate of drug-likeness (QED) is 0.922. The monoisotopic (exact) mass is 275 g/mol. The number of hydrogen-bond acceptors (Lipinski definition) is 3. The zero-order chi connectivity index (χ0) is 14.7. The highest BCUT2D eigenvalue weighted by molar-refractivity contribution is 5.95. The van der Waals surface area contributed by atoms with Gasteiger partial charge >= 0.3 is 0 Å². The van der Waals surface area contributed by atoms with Crippen molar-refractivity contribution in [2.75, 3.05) is 18.9 Å². The molecule has 0 bridgehead atoms. The topological polar surface area (TPSA) is 45.2 Å². The van der Waals surface area contributed by atoms with E-state index in [1.165, 1.54) is 6.42 Å². The van der Waals surface area contributed by atoms with Gasteiger partial charge in [-0.3, -0.25) is 4.79 Å². The summed E-state index contributed by atoms with van der Waals surface area (Å²) in [6, 6.07) is 4.09. The summed E-state index contributed by atoms with van der Waals surface area (Å²) < 4.78 is 0. The zero-order valence-electron chi connectivity index (χ0n) is 12.9. The third-order valence-electron chi connectivity index (χ3n) is 4.38. The smallest absolute Gasteiger partial charge is 0.254 e. The molecule has 1 saturated heterocycles. The molecule has 1 amide bonds. The minimum absolute atomic E-state index is 0.137. The summed E-state index contributed by atoms with van der Waals surface area (Å²) >= 11 is 0. The van der Waals surface area contributed by atoms with Crippen molar-refractivity contribution in [1.82, 2.24) is 9.88 Å². The van der Waals surface area contributed by atoms with Crippen LogP contribution < -0.4 is 5.32 Å². The lowest BCUT2D eigenvalue weighted by molar-refractivity contribution is 0.0551. The van der Waals surface area contributed by atoms with E-state index in [1.807, 2.05) is 24.1 Å². The summed E-state index contributed by atoms with van der Waals surface area (Å²) in [6.45, 7) is 7.31. The Morgan fingerprint density at radius 3 is 2.85 bits per heavy atom. The van der Waals surface area contributed by atoms with Crippen LogP contribution in [0.25, 0.3) is 0 Å². The van der Waals surface area contributed by atoms with E-state index in [-0.39, 0.29) is 5.91 Å². The van der Waals surface area contributed by atoms with Gasteiger partial charge in [0.1, 0.15) is 5.82 Å². The molecule has 110 valence electrons. The number of pyridine rings is 1. The van der Waals surface area contributed by atoms with Gasteiger partial charge in [-0.2, -0.15) is 0 Å². The number of hydrogen-bond donors (Lipinski definition) is 1. The Labute approximate surface area is 121 Å². The Bertz CT molecular complexity index is 464. The second kappa shape index (κ2) is 6.25. The molecule has 1 aliphatic rings. The van der Waals surface area contributed by atoms with Crippen molar-refractivity contribution in [3.63, 3.8) is 0 Å². The van der Waals surface area contributed by atoms with Crippen LogP contribution in [0.5, 0.6) is 0 Å². The van der Waals surface area contributed by atoms with Gasteiger partial charge in [0.05, 0.1) is 0 Å². The van der Waals surface area contributed by atoms with Crippen molar-refractivity contribution in [1.29, 1.82) is 0 Å². The molecule has 0 aliphatic carbocycles. The van der Waals surface area contributed by atoms with E-state index in [1.54, 1.807) is 0 Å². The second-order valence-electron chi connectivity index (χ2n) is 5.69. The van der Waals surface area contributed by atoms with Gasteiger partial charge in [0.25, 0.3) is 5.91 Å². The molecule has 0 radical (unpaired) electrons. The average molecular weight is 275 g/mol. The van der Waals surface area contributed by atoms with Crippen LogP contribution in [0.1, 0.15) is 49.7 Å². The molecule has 2 heterocycles. The van der Waals surface area contributed by atoms with Crippen LogP contribution >= 0.6 is 0 Å². The van der Waals surface area contributed by atoms with Gasteiger partial charge in [-0.25, -0.2) is 4.98 Å². The third kappa shape index (κ3) is 2.94. The lowest BCUT2D eigenvalue weighted by atomic mass is 9.91. The third-order valence-corrected chi connectivity index (χ3v) is 4.38. The number of amides is 1. The predicted octanol–water partition coefficient (Wildman–Crippen LogP) is 2.95. The number of carbonyl (C=O) groups excluding carboxylic acids is 1. The lowest BCUT2D eigenvalue weighted by Gasteiger charge is -2.38. The number of nitrogens with one attached hydrogen (secondary N) is 1. The van der Waals surface area contributed by atoms with Gasteiger partial charge in [0, 0.05) is 30.9 Å². The maximum atomic E-state index is 12.8. The number of likely N-dealkylation sites (tertiary alicyclic amines) is 1. The fraction of sp³-hybridized carbons (Fsp3) is 0.625. The van der Waals surface area contributed by atoms with Gasteiger partial charge in [0.15, 0.2) is 0 Å². The Morgan fingerprint density at radius 1 is 1.45 bits per heavy atom. The number of carbonyl (C=O) groups is 1. The van der Waals surface area contributed by atoms with Gasteiger partial charge in [-0.1, -0.05) is 13.8 Å². The second-order valence-corrected chi connectivity index (χ2v) is 5.69. The molecule has 4 heteroatoms. The van der Waals surface area contributed by atoms with Crippen molar-refractivity contribution in [3.05, 3.63) is 23.4 Å². The SMILES string of the molecule is CCc1cc(C(=O)N2CCCC(C)C2C)cc(NC)n1. The Morgan fingerprint density at radius 2 is 2.20 bits per heavy atom. The van der Waals surface area contributed by atoms with E-state index in [0.29, 0.717) is 12.0 Å². The van der Waals surface area contributed by atoms with Gasteiger partial charge in [-0.05, 0) is 44.2 Å². The molecular formula is C16H25N3O. The highest BCUT2D eigenvalue weighted by Gasteiger charge is 2.29. The Kier molecular flexibility index (Phi) is 4.63. The normalized spacial score (nSPS) is 22.7. The molecule has 0 spiro atoms. The van der Waals surface area contributed by atoms with Crippen LogP contribution in [0.3, 0.4) is 0 Å². The van der Waals surface area contributed by atoms with Crippen LogP contribution in [-0.2, 0) is 6.42 Å². The first-order valence-corrected chi connectivity index (χ1v) is 7.56. The predicted molar refractivity (Wildman–Crippen MR) is 82.1 cm³/mol. The van der Waals surface area contributed by atoms with Crippen molar-refractivity contribution in [2.24, 2.45) is 5.92 Å². The highest BCUT2D eigenvalue weighted by atomic mass is 16.2. The van der Waals surface area contributed by atoms with Crippen molar-refractivity contribution in [2.45, 2.75) is 46.1 Å². The summed E-state index contributed by atoms with van der Waals surface area (Å²) in [7, 11) is 1.83. The van der Waals surface area contributed by atoms with E-state index < -0.39 is 0 Å².